The zero-order valence-corrected chi connectivity index (χ0v) is 28.7. The Hall–Kier alpha value is -4.63. The number of benzene rings is 4. The predicted octanol–water partition coefficient (Wildman–Crippen LogP) is 6.45. The molecule has 248 valence electrons. The molecule has 1 N–H and O–H groups in total. The van der Waals surface area contributed by atoms with E-state index >= 15 is 0 Å². The van der Waals surface area contributed by atoms with E-state index in [-0.39, 0.29) is 29.8 Å². The van der Waals surface area contributed by atoms with Gasteiger partial charge < -0.3 is 15.0 Å². The van der Waals surface area contributed by atoms with Crippen LogP contribution in [0.4, 0.5) is 5.69 Å². The highest BCUT2D eigenvalue weighted by Gasteiger charge is 2.35. The minimum absolute atomic E-state index is 0.0231. The van der Waals surface area contributed by atoms with Gasteiger partial charge in [0.15, 0.2) is 0 Å². The van der Waals surface area contributed by atoms with Gasteiger partial charge in [-0.15, -0.1) is 0 Å². The third kappa shape index (κ3) is 9.45. The molecule has 4 aromatic rings. The van der Waals surface area contributed by atoms with Gasteiger partial charge in [0, 0.05) is 19.0 Å². The maximum Gasteiger partial charge on any atom is 0.264 e. The number of nitrogens with zero attached hydrogens (tertiary/aromatic N) is 2. The van der Waals surface area contributed by atoms with Gasteiger partial charge in [0.25, 0.3) is 10.0 Å². The average Bonchev–Trinajstić information content (AvgIpc) is 3.06. The van der Waals surface area contributed by atoms with Crippen molar-refractivity contribution in [1.29, 1.82) is 0 Å². The third-order valence-corrected chi connectivity index (χ3v) is 9.82. The Labute approximate surface area is 279 Å². The summed E-state index contributed by atoms with van der Waals surface area (Å²) >= 11 is 0. The summed E-state index contributed by atoms with van der Waals surface area (Å²) in [5, 5.41) is 3.07. The molecule has 0 aliphatic rings. The number of rotatable bonds is 15. The van der Waals surface area contributed by atoms with Crippen LogP contribution < -0.4 is 14.4 Å². The maximum atomic E-state index is 14.6. The van der Waals surface area contributed by atoms with Crippen molar-refractivity contribution < 1.29 is 22.7 Å². The minimum atomic E-state index is -4.20. The zero-order valence-electron chi connectivity index (χ0n) is 27.8. The maximum absolute atomic E-state index is 14.6. The zero-order chi connectivity index (χ0) is 34.0. The van der Waals surface area contributed by atoms with Crippen LogP contribution in [-0.4, -0.2) is 50.4 Å². The summed E-state index contributed by atoms with van der Waals surface area (Å²) in [6.07, 6.45) is 0.980. The molecule has 0 aliphatic carbocycles. The molecule has 0 aliphatic heterocycles. The van der Waals surface area contributed by atoms with Gasteiger partial charge in [0.05, 0.1) is 17.2 Å². The molecule has 0 aromatic heterocycles. The topological polar surface area (TPSA) is 96.0 Å². The second kappa shape index (κ2) is 16.3. The van der Waals surface area contributed by atoms with Crippen LogP contribution in [0.2, 0.25) is 0 Å². The largest absolute Gasteiger partial charge is 0.494 e. The number of anilines is 1. The normalized spacial score (nSPS) is 12.5. The Balaban J connectivity index is 1.80. The molecule has 2 amide bonds. The first kappa shape index (κ1) is 35.2. The van der Waals surface area contributed by atoms with Crippen LogP contribution in [-0.2, 0) is 32.6 Å². The van der Waals surface area contributed by atoms with Gasteiger partial charge in [-0.2, -0.15) is 0 Å². The van der Waals surface area contributed by atoms with E-state index in [2.05, 4.69) is 5.32 Å². The lowest BCUT2D eigenvalue weighted by molar-refractivity contribution is -0.140. The summed E-state index contributed by atoms with van der Waals surface area (Å²) in [7, 11) is -4.20. The van der Waals surface area contributed by atoms with Crippen molar-refractivity contribution >= 4 is 27.5 Å². The molecule has 0 heterocycles. The van der Waals surface area contributed by atoms with Crippen molar-refractivity contribution in [2.24, 2.45) is 0 Å². The average molecular weight is 656 g/mol. The standard InChI is InChI=1S/C38H45N3O5S/c1-6-30(5)39-38(43)36(25-31-13-9-8-10-14-31)40(26-32-15-11-12-29(4)24-32)37(42)27-41(33-18-16-28(3)17-19-33)47(44,45)35-22-20-34(21-23-35)46-7-2/h8-24,30,36H,6-7,25-27H2,1-5H3,(H,39,43). The van der Waals surface area contributed by atoms with E-state index in [1.807, 2.05) is 101 Å². The smallest absolute Gasteiger partial charge is 0.264 e. The first-order chi connectivity index (χ1) is 22.5. The molecule has 4 aromatic carbocycles. The van der Waals surface area contributed by atoms with Crippen molar-refractivity contribution in [3.05, 3.63) is 125 Å². The Kier molecular flexibility index (Phi) is 12.2. The third-order valence-electron chi connectivity index (χ3n) is 8.03. The Morgan fingerprint density at radius 2 is 1.47 bits per heavy atom. The number of carbonyl (C=O) groups is 2. The number of nitrogens with one attached hydrogen (secondary N) is 1. The van der Waals surface area contributed by atoms with Gasteiger partial charge in [-0.25, -0.2) is 8.42 Å². The molecule has 47 heavy (non-hydrogen) atoms. The molecule has 9 heteroatoms. The monoisotopic (exact) mass is 655 g/mol. The summed E-state index contributed by atoms with van der Waals surface area (Å²) in [5.74, 6) is -0.243. The van der Waals surface area contributed by atoms with Crippen LogP contribution >= 0.6 is 0 Å². The first-order valence-corrected chi connectivity index (χ1v) is 17.5. The SMILES string of the molecule is CCOc1ccc(S(=O)(=O)N(CC(=O)N(Cc2cccc(C)c2)C(Cc2ccccc2)C(=O)NC(C)CC)c2ccc(C)cc2)cc1. The van der Waals surface area contributed by atoms with Gasteiger partial charge in [-0.3, -0.25) is 13.9 Å². The van der Waals surface area contributed by atoms with Crippen LogP contribution in [0, 0.1) is 13.8 Å². The number of sulfonamides is 1. The van der Waals surface area contributed by atoms with Gasteiger partial charge in [0.2, 0.25) is 11.8 Å². The van der Waals surface area contributed by atoms with Crippen LogP contribution in [0.15, 0.2) is 108 Å². The number of hydrogen-bond donors (Lipinski definition) is 1. The quantitative estimate of drug-likeness (QED) is 0.159. The molecule has 2 atom stereocenters. The fourth-order valence-corrected chi connectivity index (χ4v) is 6.66. The van der Waals surface area contributed by atoms with Gasteiger partial charge >= 0.3 is 0 Å². The highest BCUT2D eigenvalue weighted by molar-refractivity contribution is 7.92. The highest BCUT2D eigenvalue weighted by atomic mass is 32.2. The molecular formula is C38H45N3O5S. The van der Waals surface area contributed by atoms with E-state index in [0.717, 1.165) is 33.0 Å². The molecule has 0 bridgehead atoms. The second-order valence-corrected chi connectivity index (χ2v) is 13.6. The lowest BCUT2D eigenvalue weighted by Crippen LogP contribution is -2.54. The number of ether oxygens (including phenoxy) is 1. The molecule has 8 nitrogen and oxygen atoms in total. The molecule has 0 saturated heterocycles. The second-order valence-electron chi connectivity index (χ2n) is 11.8. The molecule has 0 saturated carbocycles. The van der Waals surface area contributed by atoms with Gasteiger partial charge in [-0.05, 0) is 81.6 Å². The number of hydrogen-bond acceptors (Lipinski definition) is 5. The molecule has 0 radical (unpaired) electrons. The molecular weight excluding hydrogens is 611 g/mol. The summed E-state index contributed by atoms with van der Waals surface area (Å²) < 4.78 is 35.2. The lowest BCUT2D eigenvalue weighted by Gasteiger charge is -2.34. The first-order valence-electron chi connectivity index (χ1n) is 16.0. The molecule has 0 fully saturated rings. The van der Waals surface area contributed by atoms with Crippen LogP contribution in [0.25, 0.3) is 0 Å². The number of aryl methyl sites for hydroxylation is 2. The predicted molar refractivity (Wildman–Crippen MR) is 187 cm³/mol. The van der Waals surface area contributed by atoms with E-state index in [0.29, 0.717) is 18.0 Å². The van der Waals surface area contributed by atoms with Crippen LogP contribution in [0.1, 0.15) is 49.4 Å². The van der Waals surface area contributed by atoms with Crippen molar-refractivity contribution in [1.82, 2.24) is 10.2 Å². The van der Waals surface area contributed by atoms with Crippen LogP contribution in [0.3, 0.4) is 0 Å². The molecule has 4 rings (SSSR count). The van der Waals surface area contributed by atoms with Crippen molar-refractivity contribution in [2.45, 2.75) is 71.0 Å². The summed E-state index contributed by atoms with van der Waals surface area (Å²) in [4.78, 5) is 30.1. The fourth-order valence-electron chi connectivity index (χ4n) is 5.24. The summed E-state index contributed by atoms with van der Waals surface area (Å²) in [5.41, 5.74) is 4.03. The highest BCUT2D eigenvalue weighted by Crippen LogP contribution is 2.27. The van der Waals surface area contributed by atoms with E-state index in [1.54, 1.807) is 24.3 Å². The van der Waals surface area contributed by atoms with E-state index in [9.17, 15) is 18.0 Å². The van der Waals surface area contributed by atoms with Crippen molar-refractivity contribution in [3.63, 3.8) is 0 Å². The van der Waals surface area contributed by atoms with Gasteiger partial charge in [-0.1, -0.05) is 84.8 Å². The fraction of sp³-hybridized carbons (Fsp3) is 0.316. The molecule has 2 unspecified atom stereocenters. The summed E-state index contributed by atoms with van der Waals surface area (Å²) in [6, 6.07) is 29.5. The molecule has 0 spiro atoms. The summed E-state index contributed by atoms with van der Waals surface area (Å²) in [6.45, 7) is 9.70. The van der Waals surface area contributed by atoms with E-state index < -0.39 is 28.5 Å². The minimum Gasteiger partial charge on any atom is -0.494 e. The number of amides is 2. The van der Waals surface area contributed by atoms with Gasteiger partial charge in [0.1, 0.15) is 18.3 Å². The number of carbonyl (C=O) groups excluding carboxylic acids is 2. The van der Waals surface area contributed by atoms with E-state index in [4.69, 9.17) is 4.74 Å². The van der Waals surface area contributed by atoms with E-state index in [1.165, 1.54) is 17.0 Å². The Bertz CT molecular complexity index is 1730. The van der Waals surface area contributed by atoms with Crippen molar-refractivity contribution in [3.8, 4) is 5.75 Å². The Morgan fingerprint density at radius 3 is 2.09 bits per heavy atom. The Morgan fingerprint density at radius 1 is 0.809 bits per heavy atom. The van der Waals surface area contributed by atoms with Crippen LogP contribution in [0.5, 0.6) is 5.75 Å². The van der Waals surface area contributed by atoms with Crippen molar-refractivity contribution in [2.75, 3.05) is 17.5 Å². The lowest BCUT2D eigenvalue weighted by atomic mass is 10.0.